The third kappa shape index (κ3) is 4.49. The van der Waals surface area contributed by atoms with Crippen molar-refractivity contribution in [2.45, 2.75) is 77.4 Å². The summed E-state index contributed by atoms with van der Waals surface area (Å²) in [5.74, 6) is 0.764. The van der Waals surface area contributed by atoms with Gasteiger partial charge in [0.15, 0.2) is 0 Å². The second-order valence-corrected chi connectivity index (χ2v) is 11.1. The highest BCUT2D eigenvalue weighted by molar-refractivity contribution is 14.1. The predicted molar refractivity (Wildman–Crippen MR) is 147 cm³/mol. The lowest BCUT2D eigenvalue weighted by Gasteiger charge is -2.38. The Kier molecular flexibility index (Phi) is 7.08. The van der Waals surface area contributed by atoms with Crippen LogP contribution in [-0.4, -0.2) is 15.7 Å². The number of benzene rings is 2. The summed E-state index contributed by atoms with van der Waals surface area (Å²) in [6.07, 6.45) is 3.22. The molecule has 2 N–H and O–H groups in total. The van der Waals surface area contributed by atoms with Gasteiger partial charge in [-0.3, -0.25) is 4.79 Å². The molecule has 0 aliphatic carbocycles. The molecule has 1 aliphatic rings. The van der Waals surface area contributed by atoms with Gasteiger partial charge in [-0.2, -0.15) is 5.10 Å². The molecular formula is C28H35IN4O. The Morgan fingerprint density at radius 1 is 1.12 bits per heavy atom. The van der Waals surface area contributed by atoms with Crippen molar-refractivity contribution in [3.8, 4) is 0 Å². The number of hydrogen-bond acceptors (Lipinski definition) is 3. The van der Waals surface area contributed by atoms with E-state index >= 15 is 0 Å². The number of hydrogen-bond donors (Lipinski definition) is 2. The molecule has 2 aromatic carbocycles. The van der Waals surface area contributed by atoms with Crippen LogP contribution < -0.4 is 10.6 Å². The van der Waals surface area contributed by atoms with E-state index in [9.17, 15) is 4.79 Å². The summed E-state index contributed by atoms with van der Waals surface area (Å²) in [4.78, 5) is 14.0. The number of rotatable bonds is 7. The summed E-state index contributed by atoms with van der Waals surface area (Å²) in [6.45, 7) is 10.8. The second kappa shape index (κ2) is 9.72. The van der Waals surface area contributed by atoms with Crippen LogP contribution in [-0.2, 0) is 17.5 Å². The van der Waals surface area contributed by atoms with Crippen LogP contribution in [0.1, 0.15) is 87.1 Å². The van der Waals surface area contributed by atoms with E-state index in [-0.39, 0.29) is 17.5 Å². The minimum Gasteiger partial charge on any atom is -0.363 e. The Morgan fingerprint density at radius 2 is 1.76 bits per heavy atom. The van der Waals surface area contributed by atoms with Crippen molar-refractivity contribution < 1.29 is 4.79 Å². The van der Waals surface area contributed by atoms with Crippen molar-refractivity contribution in [1.82, 2.24) is 15.1 Å². The van der Waals surface area contributed by atoms with Crippen molar-refractivity contribution in [3.63, 3.8) is 0 Å². The quantitative estimate of drug-likeness (QED) is 0.308. The zero-order chi connectivity index (χ0) is 24.5. The van der Waals surface area contributed by atoms with Gasteiger partial charge < -0.3 is 10.6 Å². The standard InChI is InChI=1S/C28H35IN4O/c1-6-22-24(26(34)31-28(7-2,8-3)20-14-16-21(29)17-15-20)25-30-23(19-12-10-9-11-13-19)18-27(4,5)33(25)32-22/h9-17,23,30H,6-8,18H2,1-5H3,(H,31,34). The van der Waals surface area contributed by atoms with Crippen molar-refractivity contribution >= 4 is 34.3 Å². The summed E-state index contributed by atoms with van der Waals surface area (Å²) in [5, 5.41) is 12.1. The molecule has 0 spiro atoms. The molecule has 0 saturated carbocycles. The van der Waals surface area contributed by atoms with Crippen LogP contribution >= 0.6 is 22.6 Å². The van der Waals surface area contributed by atoms with E-state index in [0.717, 1.165) is 36.3 Å². The van der Waals surface area contributed by atoms with Crippen LogP contribution in [0.25, 0.3) is 0 Å². The maximum atomic E-state index is 14.0. The van der Waals surface area contributed by atoms with Gasteiger partial charge in [-0.05, 0) is 85.4 Å². The molecule has 1 aromatic heterocycles. The Hall–Kier alpha value is -2.35. The minimum atomic E-state index is -0.426. The van der Waals surface area contributed by atoms with Gasteiger partial charge in [0, 0.05) is 3.57 Å². The van der Waals surface area contributed by atoms with Crippen LogP contribution in [0.4, 0.5) is 5.82 Å². The normalized spacial score (nSPS) is 17.1. The molecule has 5 nitrogen and oxygen atoms in total. The van der Waals surface area contributed by atoms with E-state index in [0.29, 0.717) is 12.0 Å². The van der Waals surface area contributed by atoms with Gasteiger partial charge in [-0.25, -0.2) is 4.68 Å². The molecule has 1 aliphatic heterocycles. The number of carbonyl (C=O) groups is 1. The lowest BCUT2D eigenvalue weighted by atomic mass is 9.84. The fourth-order valence-corrected chi connectivity index (χ4v) is 5.52. The Labute approximate surface area is 216 Å². The zero-order valence-corrected chi connectivity index (χ0v) is 22.9. The van der Waals surface area contributed by atoms with E-state index in [2.05, 4.69) is 116 Å². The van der Waals surface area contributed by atoms with Gasteiger partial charge in [-0.15, -0.1) is 0 Å². The van der Waals surface area contributed by atoms with Crippen LogP contribution in [0.5, 0.6) is 0 Å². The lowest BCUT2D eigenvalue weighted by Crippen LogP contribution is -2.45. The number of aryl methyl sites for hydroxylation is 1. The largest absolute Gasteiger partial charge is 0.363 e. The van der Waals surface area contributed by atoms with Gasteiger partial charge in [0.25, 0.3) is 5.91 Å². The molecule has 34 heavy (non-hydrogen) atoms. The van der Waals surface area contributed by atoms with Crippen LogP contribution in [0, 0.1) is 3.57 Å². The van der Waals surface area contributed by atoms with Gasteiger partial charge in [0.2, 0.25) is 0 Å². The van der Waals surface area contributed by atoms with Crippen LogP contribution in [0.2, 0.25) is 0 Å². The fraction of sp³-hybridized carbons (Fsp3) is 0.429. The number of aromatic nitrogens is 2. The molecule has 6 heteroatoms. The first-order valence-electron chi connectivity index (χ1n) is 12.3. The highest BCUT2D eigenvalue weighted by Gasteiger charge is 2.40. The summed E-state index contributed by atoms with van der Waals surface area (Å²) in [5.41, 5.74) is 3.23. The Morgan fingerprint density at radius 3 is 2.35 bits per heavy atom. The Bertz CT molecular complexity index is 1150. The third-order valence-electron chi connectivity index (χ3n) is 7.27. The maximum Gasteiger partial charge on any atom is 0.257 e. The van der Waals surface area contributed by atoms with Gasteiger partial charge in [0.05, 0.1) is 22.8 Å². The van der Waals surface area contributed by atoms with Crippen molar-refractivity contribution in [1.29, 1.82) is 0 Å². The monoisotopic (exact) mass is 570 g/mol. The molecule has 1 amide bonds. The smallest absolute Gasteiger partial charge is 0.257 e. The molecule has 1 atom stereocenters. The van der Waals surface area contributed by atoms with E-state index in [4.69, 9.17) is 5.10 Å². The number of anilines is 1. The molecule has 0 bridgehead atoms. The average molecular weight is 571 g/mol. The SMILES string of the molecule is CCc1nn2c(c1C(=O)NC(CC)(CC)c1ccc(I)cc1)NC(c1ccccc1)CC2(C)C. The molecule has 0 saturated heterocycles. The van der Waals surface area contributed by atoms with Gasteiger partial charge in [-0.1, -0.05) is 63.2 Å². The number of nitrogens with zero attached hydrogens (tertiary/aromatic N) is 2. The number of nitrogens with one attached hydrogen (secondary N) is 2. The lowest BCUT2D eigenvalue weighted by molar-refractivity contribution is 0.0889. The van der Waals surface area contributed by atoms with E-state index in [1.165, 1.54) is 9.13 Å². The topological polar surface area (TPSA) is 59.0 Å². The first-order chi connectivity index (χ1) is 16.2. The van der Waals surface area contributed by atoms with Crippen molar-refractivity contribution in [2.24, 2.45) is 0 Å². The highest BCUT2D eigenvalue weighted by atomic mass is 127. The van der Waals surface area contributed by atoms with Crippen molar-refractivity contribution in [3.05, 3.63) is 80.6 Å². The molecule has 180 valence electrons. The molecule has 3 aromatic rings. The van der Waals surface area contributed by atoms with E-state index in [1.54, 1.807) is 0 Å². The number of carbonyl (C=O) groups excluding carboxylic acids is 1. The predicted octanol–water partition coefficient (Wildman–Crippen LogP) is 6.79. The minimum absolute atomic E-state index is 0.0580. The first kappa shape index (κ1) is 24.8. The molecular weight excluding hydrogens is 535 g/mol. The van der Waals surface area contributed by atoms with Crippen molar-refractivity contribution in [2.75, 3.05) is 5.32 Å². The number of fused-ring (bicyclic) bond motifs is 1. The molecule has 0 radical (unpaired) electrons. The second-order valence-electron chi connectivity index (χ2n) is 9.81. The summed E-state index contributed by atoms with van der Waals surface area (Å²) >= 11 is 2.32. The zero-order valence-electron chi connectivity index (χ0n) is 20.8. The number of halogens is 1. The third-order valence-corrected chi connectivity index (χ3v) is 7.99. The molecule has 4 rings (SSSR count). The average Bonchev–Trinajstić information content (AvgIpc) is 3.23. The first-order valence-corrected chi connectivity index (χ1v) is 13.3. The maximum absolute atomic E-state index is 14.0. The molecule has 2 heterocycles. The fourth-order valence-electron chi connectivity index (χ4n) is 5.17. The summed E-state index contributed by atoms with van der Waals surface area (Å²) in [6, 6.07) is 19.1. The van der Waals surface area contributed by atoms with Gasteiger partial charge >= 0.3 is 0 Å². The Balaban J connectivity index is 1.75. The van der Waals surface area contributed by atoms with E-state index < -0.39 is 5.54 Å². The van der Waals surface area contributed by atoms with Gasteiger partial charge in [0.1, 0.15) is 11.4 Å². The van der Waals surface area contributed by atoms with E-state index in [1.807, 2.05) is 10.7 Å². The summed E-state index contributed by atoms with van der Waals surface area (Å²) < 4.78 is 3.22. The number of amides is 1. The van der Waals surface area contributed by atoms with Crippen LogP contribution in [0.3, 0.4) is 0 Å². The highest BCUT2D eigenvalue weighted by Crippen LogP contribution is 2.41. The van der Waals surface area contributed by atoms with Crippen LogP contribution in [0.15, 0.2) is 54.6 Å². The molecule has 0 fully saturated rings. The molecule has 1 unspecified atom stereocenters. The summed E-state index contributed by atoms with van der Waals surface area (Å²) in [7, 11) is 0.